The van der Waals surface area contributed by atoms with Crippen LogP contribution in [0.4, 0.5) is 11.4 Å². The first kappa shape index (κ1) is 55.8. The molecule has 335 valence electrons. The number of benzene rings is 4. The summed E-state index contributed by atoms with van der Waals surface area (Å²) in [6.45, 7) is 47.5. The average molecular weight is 1010 g/mol. The zero-order valence-electron chi connectivity index (χ0n) is 41.4. The van der Waals surface area contributed by atoms with E-state index in [9.17, 15) is 10.2 Å². The molecule has 60 heavy (non-hydrogen) atoms. The Morgan fingerprint density at radius 2 is 0.733 bits per heavy atom. The molecule has 0 saturated heterocycles. The molecule has 0 aliphatic carbocycles. The van der Waals surface area contributed by atoms with Gasteiger partial charge in [-0.2, -0.15) is 0 Å². The van der Waals surface area contributed by atoms with Crippen molar-refractivity contribution in [2.24, 2.45) is 9.98 Å². The largest absolute Gasteiger partial charge is 3.00 e. The number of hydrogen-bond donors (Lipinski definition) is 0. The monoisotopic (exact) mass is 1010 g/mol. The van der Waals surface area contributed by atoms with Crippen LogP contribution >= 0.6 is 0 Å². The maximum absolute atomic E-state index is 13.0. The van der Waals surface area contributed by atoms with Crippen molar-refractivity contribution in [3.8, 4) is 11.5 Å². The molecule has 0 aliphatic heterocycles. The van der Waals surface area contributed by atoms with Gasteiger partial charge in [-0.1, -0.05) is 211 Å². The van der Waals surface area contributed by atoms with Gasteiger partial charge in [0.05, 0.1) is 11.4 Å². The Kier molecular flexibility index (Phi) is 19.9. The molecule has 0 fully saturated rings. The smallest absolute Gasteiger partial charge is 0.872 e. The maximum Gasteiger partial charge on any atom is 3.00 e. The first-order valence-electron chi connectivity index (χ1n) is 21.2. The van der Waals surface area contributed by atoms with Gasteiger partial charge in [0.2, 0.25) is 0 Å². The Morgan fingerprint density at radius 3 is 0.933 bits per heavy atom. The second kappa shape index (κ2) is 21.4. The molecule has 4 aromatic carbocycles. The molecule has 0 spiro atoms. The maximum atomic E-state index is 13.0. The summed E-state index contributed by atoms with van der Waals surface area (Å²) >= 11 is 0. The number of rotatable bonds is 6. The Balaban J connectivity index is 0.000000493. The third-order valence-electron chi connectivity index (χ3n) is 9.80. The van der Waals surface area contributed by atoms with Crippen molar-refractivity contribution in [3.63, 3.8) is 0 Å². The third kappa shape index (κ3) is 17.5. The van der Waals surface area contributed by atoms with Gasteiger partial charge in [0.25, 0.3) is 0 Å². The van der Waals surface area contributed by atoms with Crippen molar-refractivity contribution >= 4 is 40.3 Å². The number of nitrogens with zero attached hydrogens (tertiary/aromatic N) is 3. The van der Waals surface area contributed by atoms with Crippen molar-refractivity contribution in [1.29, 1.82) is 0 Å². The molecule has 0 amide bonds. The predicted octanol–water partition coefficient (Wildman–Crippen LogP) is 14.5. The topological polar surface area (TPSA) is 84.9 Å². The Hall–Kier alpha value is -2.27. The molecule has 8 heteroatoms. The van der Waals surface area contributed by atoms with Gasteiger partial charge in [-0.3, -0.25) is 9.98 Å². The summed E-state index contributed by atoms with van der Waals surface area (Å²) in [5.74, 6) is 0.158. The van der Waals surface area contributed by atoms with E-state index < -0.39 is 16.5 Å². The summed E-state index contributed by atoms with van der Waals surface area (Å²) in [6, 6.07) is 20.4. The second-order valence-corrected chi connectivity index (χ2v) is 31.9. The average Bonchev–Trinajstić information content (AvgIpc) is 3.02. The molecule has 0 aromatic heterocycles. The van der Waals surface area contributed by atoms with Crippen LogP contribution in [0.2, 0.25) is 39.3 Å². The van der Waals surface area contributed by atoms with Crippen LogP contribution in [-0.2, 0) is 21.7 Å². The summed E-state index contributed by atoms with van der Waals surface area (Å²) in [6.07, 6.45) is 3.48. The van der Waals surface area contributed by atoms with Gasteiger partial charge in [-0.05, 0) is 105 Å². The van der Waals surface area contributed by atoms with Crippen LogP contribution in [0, 0.1) is 74.6 Å². The first-order chi connectivity index (χ1) is 26.5. The van der Waals surface area contributed by atoms with Gasteiger partial charge in [0, 0.05) is 12.4 Å². The molecule has 1 radical (unpaired) electrons. The van der Waals surface area contributed by atoms with E-state index in [1.54, 1.807) is 12.4 Å². The summed E-state index contributed by atoms with van der Waals surface area (Å²) in [5, 5.41) is 26.0. The molecule has 4 aromatic rings. The molecule has 0 N–H and O–H groups in total. The summed E-state index contributed by atoms with van der Waals surface area (Å²) in [7, 11) is -2.21. The van der Waals surface area contributed by atoms with E-state index in [0.717, 1.165) is 44.8 Å². The Morgan fingerprint density at radius 1 is 0.467 bits per heavy atom. The van der Waals surface area contributed by atoms with Crippen molar-refractivity contribution in [3.05, 3.63) is 121 Å². The van der Waals surface area contributed by atoms with Gasteiger partial charge < -0.3 is 14.9 Å². The van der Waals surface area contributed by atoms with E-state index in [1.165, 1.54) is 11.1 Å². The van der Waals surface area contributed by atoms with E-state index in [-0.39, 0.29) is 80.1 Å². The molecule has 0 heterocycles. The second-order valence-electron chi connectivity index (χ2n) is 22.3. The number of para-hydroxylation sites is 2. The quantitative estimate of drug-likeness (QED) is 0.142. The molecule has 4 rings (SSSR count). The van der Waals surface area contributed by atoms with Crippen LogP contribution in [0.1, 0.15) is 139 Å². The van der Waals surface area contributed by atoms with E-state index in [4.69, 9.17) is 4.65 Å². The van der Waals surface area contributed by atoms with Gasteiger partial charge in [-0.15, -0.1) is 0 Å². The molecular weight excluding hydrogens is 928 g/mol. The third-order valence-corrected chi connectivity index (χ3v) is 15.2. The minimum atomic E-state index is -1.11. The van der Waals surface area contributed by atoms with E-state index in [2.05, 4.69) is 144 Å². The van der Waals surface area contributed by atoms with Crippen LogP contribution in [0.25, 0.3) is 4.65 Å². The zero-order chi connectivity index (χ0) is 45.7. The molecule has 0 saturated carbocycles. The fourth-order valence-electron chi connectivity index (χ4n) is 6.77. The van der Waals surface area contributed by atoms with Crippen molar-refractivity contribution in [2.75, 3.05) is 0 Å². The standard InChI is InChI=1S/2C23H31NO.C6H18NSi2.Yb/c2*1-15-10-9-11-16(2)20(15)24-14-17-12-18(22(3,4)5)13-19(21(17)25)23(6,7)8;1-8(2,3)7-9(4,5)6;/h2*9-14,25H,1-8H3;1-6H3;/q;;-1;+3/p-2. The van der Waals surface area contributed by atoms with E-state index >= 15 is 0 Å². The fourth-order valence-corrected chi connectivity index (χ4v) is 14.8. The van der Waals surface area contributed by atoms with Crippen LogP contribution in [0.5, 0.6) is 11.5 Å². The SMILES string of the molecule is C[Si](C)(C)[N-][Si](C)(C)C.Cc1cccc(C)c1N=Cc1cc(C(C)(C)C)cc(C(C)(C)C)c1[O-].Cc1cccc(C)c1N=Cc1cc(C(C)(C)C)cc(C(C)(C)C)c1[O-].[Yb+3]. The molecule has 5 nitrogen and oxygen atoms in total. The summed E-state index contributed by atoms with van der Waals surface area (Å²) in [5.41, 5.74) is 11.3. The first-order valence-corrected chi connectivity index (χ1v) is 28.1. The fraction of sp³-hybridized carbons (Fsp3) is 0.500. The minimum Gasteiger partial charge on any atom is -0.872 e. The van der Waals surface area contributed by atoms with E-state index in [1.807, 2.05) is 76.2 Å². The predicted molar refractivity (Wildman–Crippen MR) is 263 cm³/mol. The number of aryl methyl sites for hydroxylation is 4. The molecule has 0 atom stereocenters. The van der Waals surface area contributed by atoms with Gasteiger partial charge in [0.15, 0.2) is 0 Å². The van der Waals surface area contributed by atoms with Crippen LogP contribution < -0.4 is 10.2 Å². The van der Waals surface area contributed by atoms with Gasteiger partial charge >= 0.3 is 46.9 Å². The minimum absolute atomic E-state index is 0. The molecule has 0 bridgehead atoms. The van der Waals surface area contributed by atoms with E-state index in [0.29, 0.717) is 11.1 Å². The number of hydrogen-bond acceptors (Lipinski definition) is 4. The van der Waals surface area contributed by atoms with Crippen molar-refractivity contribution < 1.29 is 57.1 Å². The van der Waals surface area contributed by atoms with Crippen molar-refractivity contribution in [1.82, 2.24) is 0 Å². The van der Waals surface area contributed by atoms with Gasteiger partial charge in [-0.25, -0.2) is 0 Å². The Bertz CT molecular complexity index is 1920. The molecule has 0 aliphatic rings. The summed E-state index contributed by atoms with van der Waals surface area (Å²) in [4.78, 5) is 9.32. The van der Waals surface area contributed by atoms with Crippen LogP contribution in [-0.4, -0.2) is 28.9 Å². The van der Waals surface area contributed by atoms with Crippen molar-refractivity contribution in [2.45, 2.75) is 172 Å². The van der Waals surface area contributed by atoms with Crippen LogP contribution in [0.3, 0.4) is 0 Å². The molecule has 0 unspecified atom stereocenters. The van der Waals surface area contributed by atoms with Gasteiger partial charge in [0.1, 0.15) is 0 Å². The number of aliphatic imine (C=N–C) groups is 2. The zero-order valence-corrected chi connectivity index (χ0v) is 45.1. The Labute approximate surface area is 407 Å². The summed E-state index contributed by atoms with van der Waals surface area (Å²) < 4.78 is 4.82. The molecular formula is C52H78N3O2Si2Yb. The normalized spacial score (nSPS) is 12.8. The van der Waals surface area contributed by atoms with Crippen LogP contribution in [0.15, 0.2) is 70.6 Å².